The van der Waals surface area contributed by atoms with Crippen molar-refractivity contribution in [1.29, 1.82) is 0 Å². The van der Waals surface area contributed by atoms with Crippen LogP contribution in [0.2, 0.25) is 0 Å². The molecule has 0 aromatic heterocycles. The molecule has 0 amide bonds. The van der Waals surface area contributed by atoms with Crippen molar-refractivity contribution in [3.05, 3.63) is 65.7 Å². The van der Waals surface area contributed by atoms with Crippen LogP contribution in [0.3, 0.4) is 0 Å². The normalized spacial score (nSPS) is 15.5. The number of guanidine groups is 1. The summed E-state index contributed by atoms with van der Waals surface area (Å²) < 4.78 is 5.19. The second kappa shape index (κ2) is 8.06. The highest BCUT2D eigenvalue weighted by Gasteiger charge is 2.43. The quantitative estimate of drug-likeness (QED) is 0.603. The molecule has 1 saturated carbocycles. The van der Waals surface area contributed by atoms with Gasteiger partial charge < -0.3 is 15.4 Å². The average molecular weight is 337 g/mol. The molecule has 2 aromatic carbocycles. The second-order valence-corrected chi connectivity index (χ2v) is 6.60. The Bertz CT molecular complexity index is 691. The number of benzene rings is 2. The first-order valence-corrected chi connectivity index (χ1v) is 8.89. The highest BCUT2D eigenvalue weighted by molar-refractivity contribution is 5.79. The van der Waals surface area contributed by atoms with E-state index in [0.29, 0.717) is 0 Å². The van der Waals surface area contributed by atoms with Gasteiger partial charge in [-0.3, -0.25) is 4.99 Å². The molecule has 0 bridgehead atoms. The minimum absolute atomic E-state index is 0.287. The van der Waals surface area contributed by atoms with Crippen LogP contribution >= 0.6 is 0 Å². The first-order chi connectivity index (χ1) is 12.3. The Morgan fingerprint density at radius 1 is 1.04 bits per heavy atom. The monoisotopic (exact) mass is 337 g/mol. The van der Waals surface area contributed by atoms with Gasteiger partial charge >= 0.3 is 0 Å². The van der Waals surface area contributed by atoms with Crippen LogP contribution in [-0.4, -0.2) is 33.2 Å². The second-order valence-electron chi connectivity index (χ2n) is 6.60. The molecule has 25 heavy (non-hydrogen) atoms. The third-order valence-corrected chi connectivity index (χ3v) is 4.92. The zero-order valence-electron chi connectivity index (χ0n) is 15.1. The van der Waals surface area contributed by atoms with Crippen molar-refractivity contribution in [2.24, 2.45) is 4.99 Å². The van der Waals surface area contributed by atoms with Crippen LogP contribution in [0.5, 0.6) is 5.75 Å². The Balaban J connectivity index is 1.45. The molecular formula is C21H27N3O. The molecule has 0 aliphatic heterocycles. The van der Waals surface area contributed by atoms with Crippen molar-refractivity contribution in [3.63, 3.8) is 0 Å². The summed E-state index contributed by atoms with van der Waals surface area (Å²) in [6.45, 7) is 1.78. The highest BCUT2D eigenvalue weighted by atomic mass is 16.5. The molecule has 0 saturated heterocycles. The van der Waals surface area contributed by atoms with Gasteiger partial charge in [0.1, 0.15) is 5.75 Å². The van der Waals surface area contributed by atoms with E-state index in [0.717, 1.165) is 31.2 Å². The lowest BCUT2D eigenvalue weighted by Gasteiger charge is -2.19. The highest BCUT2D eigenvalue weighted by Crippen LogP contribution is 2.47. The maximum Gasteiger partial charge on any atom is 0.191 e. The van der Waals surface area contributed by atoms with E-state index in [1.807, 2.05) is 19.2 Å². The summed E-state index contributed by atoms with van der Waals surface area (Å²) in [5.74, 6) is 1.76. The van der Waals surface area contributed by atoms with Crippen molar-refractivity contribution in [2.45, 2.75) is 24.7 Å². The number of rotatable bonds is 7. The van der Waals surface area contributed by atoms with Gasteiger partial charge in [0.25, 0.3) is 0 Å². The van der Waals surface area contributed by atoms with Crippen LogP contribution in [0.25, 0.3) is 0 Å². The van der Waals surface area contributed by atoms with E-state index in [4.69, 9.17) is 4.74 Å². The molecule has 4 nitrogen and oxygen atoms in total. The molecule has 132 valence electrons. The van der Waals surface area contributed by atoms with Gasteiger partial charge in [-0.1, -0.05) is 42.5 Å². The lowest BCUT2D eigenvalue weighted by molar-refractivity contribution is 0.414. The summed E-state index contributed by atoms with van der Waals surface area (Å²) in [7, 11) is 3.51. The predicted molar refractivity (Wildman–Crippen MR) is 103 cm³/mol. The van der Waals surface area contributed by atoms with Crippen molar-refractivity contribution < 1.29 is 4.74 Å². The molecule has 2 aromatic rings. The van der Waals surface area contributed by atoms with Gasteiger partial charge in [0.15, 0.2) is 5.96 Å². The van der Waals surface area contributed by atoms with Crippen LogP contribution in [0.4, 0.5) is 0 Å². The predicted octanol–water partition coefficient (Wildman–Crippen LogP) is 3.13. The number of aliphatic imine (C=N–C) groups is 1. The fourth-order valence-corrected chi connectivity index (χ4v) is 3.10. The van der Waals surface area contributed by atoms with Gasteiger partial charge in [0.05, 0.1) is 7.11 Å². The summed E-state index contributed by atoms with van der Waals surface area (Å²) in [6.07, 6.45) is 3.44. The summed E-state index contributed by atoms with van der Waals surface area (Å²) in [5, 5.41) is 6.90. The molecule has 0 atom stereocenters. The third-order valence-electron chi connectivity index (χ3n) is 4.92. The van der Waals surface area contributed by atoms with Gasteiger partial charge in [-0.15, -0.1) is 0 Å². The molecule has 1 aliphatic carbocycles. The Labute approximate surface area is 150 Å². The Kier molecular flexibility index (Phi) is 5.59. The summed E-state index contributed by atoms with van der Waals surface area (Å²) >= 11 is 0. The molecule has 4 heteroatoms. The summed E-state index contributed by atoms with van der Waals surface area (Å²) in [5.41, 5.74) is 3.00. The number of nitrogens with zero attached hydrogens (tertiary/aromatic N) is 1. The van der Waals surface area contributed by atoms with Gasteiger partial charge in [0, 0.05) is 25.6 Å². The molecule has 3 rings (SSSR count). The number of methoxy groups -OCH3 is 1. The van der Waals surface area contributed by atoms with E-state index in [2.05, 4.69) is 58.1 Å². The first-order valence-electron chi connectivity index (χ1n) is 8.89. The van der Waals surface area contributed by atoms with Crippen LogP contribution < -0.4 is 15.4 Å². The maximum atomic E-state index is 5.19. The molecule has 1 fully saturated rings. The van der Waals surface area contributed by atoms with Crippen molar-refractivity contribution in [1.82, 2.24) is 10.6 Å². The van der Waals surface area contributed by atoms with Crippen LogP contribution in [0.1, 0.15) is 24.0 Å². The Morgan fingerprint density at radius 3 is 2.36 bits per heavy atom. The number of nitrogens with one attached hydrogen (secondary N) is 2. The molecule has 0 heterocycles. The van der Waals surface area contributed by atoms with Crippen LogP contribution in [0, 0.1) is 0 Å². The van der Waals surface area contributed by atoms with E-state index >= 15 is 0 Å². The summed E-state index contributed by atoms with van der Waals surface area (Å²) in [4.78, 5) is 4.35. The largest absolute Gasteiger partial charge is 0.497 e. The van der Waals surface area contributed by atoms with Crippen LogP contribution in [-0.2, 0) is 11.8 Å². The van der Waals surface area contributed by atoms with Crippen molar-refractivity contribution in [2.75, 3.05) is 27.2 Å². The lowest BCUT2D eigenvalue weighted by atomic mass is 9.96. The average Bonchev–Trinajstić information content (AvgIpc) is 3.47. The van der Waals surface area contributed by atoms with Crippen molar-refractivity contribution in [3.8, 4) is 5.75 Å². The molecule has 2 N–H and O–H groups in total. The third kappa shape index (κ3) is 4.53. The zero-order valence-corrected chi connectivity index (χ0v) is 15.1. The molecular weight excluding hydrogens is 310 g/mol. The van der Waals surface area contributed by atoms with E-state index in [9.17, 15) is 0 Å². The number of hydrogen-bond acceptors (Lipinski definition) is 2. The smallest absolute Gasteiger partial charge is 0.191 e. The van der Waals surface area contributed by atoms with E-state index < -0.39 is 0 Å². The fourth-order valence-electron chi connectivity index (χ4n) is 3.10. The van der Waals surface area contributed by atoms with Gasteiger partial charge in [-0.05, 0) is 42.5 Å². The minimum atomic E-state index is 0.287. The van der Waals surface area contributed by atoms with E-state index in [-0.39, 0.29) is 5.41 Å². The van der Waals surface area contributed by atoms with Gasteiger partial charge in [0.2, 0.25) is 0 Å². The van der Waals surface area contributed by atoms with E-state index in [1.54, 1.807) is 7.11 Å². The van der Waals surface area contributed by atoms with E-state index in [1.165, 1.54) is 24.0 Å². The first kappa shape index (κ1) is 17.3. The summed E-state index contributed by atoms with van der Waals surface area (Å²) in [6, 6.07) is 19.0. The SMILES string of the molecule is CN=C(NCCc1ccc(OC)cc1)NCC1(c2ccccc2)CC1. The lowest BCUT2D eigenvalue weighted by Crippen LogP contribution is -2.41. The Hall–Kier alpha value is -2.49. The number of hydrogen-bond donors (Lipinski definition) is 2. The molecule has 0 radical (unpaired) electrons. The molecule has 0 unspecified atom stereocenters. The minimum Gasteiger partial charge on any atom is -0.497 e. The molecule has 0 spiro atoms. The van der Waals surface area contributed by atoms with Gasteiger partial charge in [-0.25, -0.2) is 0 Å². The Morgan fingerprint density at radius 2 is 1.76 bits per heavy atom. The van der Waals surface area contributed by atoms with Crippen LogP contribution in [0.15, 0.2) is 59.6 Å². The molecule has 1 aliphatic rings. The fraction of sp³-hybridized carbons (Fsp3) is 0.381. The van der Waals surface area contributed by atoms with Gasteiger partial charge in [-0.2, -0.15) is 0 Å². The maximum absolute atomic E-state index is 5.19. The number of ether oxygens (including phenoxy) is 1. The van der Waals surface area contributed by atoms with Crippen molar-refractivity contribution >= 4 is 5.96 Å². The zero-order chi connectivity index (χ0) is 17.5. The topological polar surface area (TPSA) is 45.7 Å². The standard InChI is InChI=1S/C21H27N3O/c1-22-20(23-15-12-17-8-10-19(25-2)11-9-17)24-16-21(13-14-21)18-6-4-3-5-7-18/h3-11H,12-16H2,1-2H3,(H2,22,23,24).